The van der Waals surface area contributed by atoms with Crippen LogP contribution in [0, 0.1) is 0 Å². The molecule has 0 aliphatic heterocycles. The summed E-state index contributed by atoms with van der Waals surface area (Å²) in [5.74, 6) is -2.29. The van der Waals surface area contributed by atoms with Crippen LogP contribution in [-0.2, 0) is 33.6 Å². The van der Waals surface area contributed by atoms with Crippen molar-refractivity contribution < 1.29 is 29.7 Å². The maximum atomic E-state index is 10.8. The van der Waals surface area contributed by atoms with E-state index in [-0.39, 0.29) is 19.3 Å². The highest BCUT2D eigenvalue weighted by Gasteiger charge is 2.04. The molecule has 2 aromatic rings. The van der Waals surface area contributed by atoms with Crippen LogP contribution < -0.4 is 0 Å². The van der Waals surface area contributed by atoms with Crippen molar-refractivity contribution in [3.8, 4) is 0 Å². The van der Waals surface area contributed by atoms with Crippen molar-refractivity contribution in [3.05, 3.63) is 70.3 Å². The van der Waals surface area contributed by atoms with E-state index in [1.807, 2.05) is 0 Å². The normalized spacial score (nSPS) is 11.1. The Balaban J connectivity index is 2.01. The zero-order valence-electron chi connectivity index (χ0n) is 20.2. The fraction of sp³-hybridized carbons (Fsp3) is 0.414. The molecule has 6 nitrogen and oxygen atoms in total. The van der Waals surface area contributed by atoms with Crippen LogP contribution >= 0.6 is 0 Å². The average Bonchev–Trinajstić information content (AvgIpc) is 2.81. The van der Waals surface area contributed by atoms with Gasteiger partial charge in [-0.3, -0.25) is 14.4 Å². The maximum Gasteiger partial charge on any atom is 0.303 e. The van der Waals surface area contributed by atoms with Gasteiger partial charge in [0.05, 0.1) is 0 Å². The summed E-state index contributed by atoms with van der Waals surface area (Å²) >= 11 is 0. The van der Waals surface area contributed by atoms with Crippen molar-refractivity contribution in [3.63, 3.8) is 0 Å². The Morgan fingerprint density at radius 1 is 0.514 bits per heavy atom. The number of carbonyl (C=O) groups is 3. The lowest BCUT2D eigenvalue weighted by Crippen LogP contribution is -1.97. The van der Waals surface area contributed by atoms with Crippen molar-refractivity contribution in [1.29, 1.82) is 0 Å². The minimum atomic E-state index is -0.771. The SMILES string of the molecule is O=C(O)CCCCc1ccc(C=Cc2cc(CCCCC(=O)O)cc(CCCCC(=O)O)c2)cc1. The van der Waals surface area contributed by atoms with Crippen molar-refractivity contribution >= 4 is 30.1 Å². The first-order valence-corrected chi connectivity index (χ1v) is 12.4. The topological polar surface area (TPSA) is 112 Å². The van der Waals surface area contributed by atoms with Crippen molar-refractivity contribution in [1.82, 2.24) is 0 Å². The molecular weight excluding hydrogens is 444 g/mol. The standard InChI is InChI=1S/C29H36O6/c30-27(31)10-4-1-7-22-13-15-23(16-14-22)17-18-26-20-24(8-2-5-11-28(32)33)19-25(21-26)9-3-6-12-29(34)35/h13-21H,1-12H2,(H,30,31)(H,32,33)(H,34,35). The molecule has 0 spiro atoms. The van der Waals surface area contributed by atoms with Gasteiger partial charge >= 0.3 is 17.9 Å². The highest BCUT2D eigenvalue weighted by molar-refractivity contribution is 5.70. The molecule has 0 heterocycles. The predicted octanol–water partition coefficient (Wildman–Crippen LogP) is 6.25. The molecule has 0 aliphatic rings. The summed E-state index contributed by atoms with van der Waals surface area (Å²) in [5, 5.41) is 26.4. The van der Waals surface area contributed by atoms with Crippen molar-refractivity contribution in [2.45, 2.75) is 77.0 Å². The minimum Gasteiger partial charge on any atom is -0.481 e. The monoisotopic (exact) mass is 480 g/mol. The largest absolute Gasteiger partial charge is 0.481 e. The number of hydrogen-bond donors (Lipinski definition) is 3. The first-order chi connectivity index (χ1) is 16.8. The minimum absolute atomic E-state index is 0.178. The van der Waals surface area contributed by atoms with E-state index >= 15 is 0 Å². The zero-order chi connectivity index (χ0) is 25.5. The summed E-state index contributed by atoms with van der Waals surface area (Å²) in [6.07, 6.45) is 11.6. The third-order valence-corrected chi connectivity index (χ3v) is 5.84. The van der Waals surface area contributed by atoms with E-state index < -0.39 is 17.9 Å². The molecular formula is C29H36O6. The number of hydrogen-bond acceptors (Lipinski definition) is 3. The Morgan fingerprint density at radius 2 is 0.914 bits per heavy atom. The molecule has 188 valence electrons. The number of unbranched alkanes of at least 4 members (excludes halogenated alkanes) is 3. The van der Waals surface area contributed by atoms with Gasteiger partial charge in [-0.05, 0) is 85.6 Å². The quantitative estimate of drug-likeness (QED) is 0.182. The lowest BCUT2D eigenvalue weighted by Gasteiger charge is -2.08. The molecule has 0 fully saturated rings. The molecule has 0 bridgehead atoms. The second-order valence-electron chi connectivity index (χ2n) is 8.96. The summed E-state index contributed by atoms with van der Waals surface area (Å²) in [5.41, 5.74) is 5.69. The molecule has 0 radical (unpaired) electrons. The van der Waals surface area contributed by atoms with E-state index in [1.165, 1.54) is 16.7 Å². The van der Waals surface area contributed by atoms with Crippen LogP contribution in [0.2, 0.25) is 0 Å². The van der Waals surface area contributed by atoms with Gasteiger partial charge in [0, 0.05) is 19.3 Å². The van der Waals surface area contributed by atoms with E-state index in [4.69, 9.17) is 15.3 Å². The van der Waals surface area contributed by atoms with Crippen LogP contribution in [0.4, 0.5) is 0 Å². The first kappa shape index (κ1) is 27.8. The first-order valence-electron chi connectivity index (χ1n) is 12.4. The summed E-state index contributed by atoms with van der Waals surface area (Å²) in [6, 6.07) is 14.7. The molecule has 2 aromatic carbocycles. The molecule has 0 atom stereocenters. The highest BCUT2D eigenvalue weighted by atomic mass is 16.4. The Morgan fingerprint density at radius 3 is 1.34 bits per heavy atom. The third-order valence-electron chi connectivity index (χ3n) is 5.84. The second-order valence-corrected chi connectivity index (χ2v) is 8.96. The molecule has 3 N–H and O–H groups in total. The number of carboxylic acid groups (broad SMARTS) is 3. The van der Waals surface area contributed by atoms with E-state index in [2.05, 4.69) is 54.6 Å². The fourth-order valence-corrected chi connectivity index (χ4v) is 3.98. The smallest absolute Gasteiger partial charge is 0.303 e. The van der Waals surface area contributed by atoms with Crippen molar-refractivity contribution in [2.75, 3.05) is 0 Å². The van der Waals surface area contributed by atoms with E-state index in [0.29, 0.717) is 19.3 Å². The van der Waals surface area contributed by atoms with Gasteiger partial charge in [-0.1, -0.05) is 54.6 Å². The van der Waals surface area contributed by atoms with Gasteiger partial charge in [0.25, 0.3) is 0 Å². The van der Waals surface area contributed by atoms with Crippen LogP contribution in [0.25, 0.3) is 12.2 Å². The molecule has 2 rings (SSSR count). The lowest BCUT2D eigenvalue weighted by molar-refractivity contribution is -0.138. The van der Waals surface area contributed by atoms with E-state index in [0.717, 1.165) is 49.7 Å². The average molecular weight is 481 g/mol. The van der Waals surface area contributed by atoms with Gasteiger partial charge in [-0.15, -0.1) is 0 Å². The van der Waals surface area contributed by atoms with Crippen LogP contribution in [0.3, 0.4) is 0 Å². The number of aryl methyl sites for hydroxylation is 3. The Kier molecular flexibility index (Phi) is 12.3. The molecule has 0 amide bonds. The highest BCUT2D eigenvalue weighted by Crippen LogP contribution is 2.19. The fourth-order valence-electron chi connectivity index (χ4n) is 3.98. The number of aliphatic carboxylic acids is 3. The summed E-state index contributed by atoms with van der Waals surface area (Å²) < 4.78 is 0. The molecule has 0 saturated carbocycles. The third kappa shape index (κ3) is 12.6. The summed E-state index contributed by atoms with van der Waals surface area (Å²) in [4.78, 5) is 32.2. The predicted molar refractivity (Wildman–Crippen MR) is 137 cm³/mol. The van der Waals surface area contributed by atoms with Gasteiger partial charge in [0.15, 0.2) is 0 Å². The van der Waals surface area contributed by atoms with Crippen LogP contribution in [-0.4, -0.2) is 33.2 Å². The number of carboxylic acids is 3. The zero-order valence-corrected chi connectivity index (χ0v) is 20.2. The van der Waals surface area contributed by atoms with E-state index in [1.54, 1.807) is 0 Å². The maximum absolute atomic E-state index is 10.8. The lowest BCUT2D eigenvalue weighted by atomic mass is 9.97. The summed E-state index contributed by atoms with van der Waals surface area (Å²) in [7, 11) is 0. The molecule has 0 saturated heterocycles. The van der Waals surface area contributed by atoms with Crippen molar-refractivity contribution in [2.24, 2.45) is 0 Å². The molecule has 6 heteroatoms. The van der Waals surface area contributed by atoms with Gasteiger partial charge < -0.3 is 15.3 Å². The Bertz CT molecular complexity index is 950. The molecule has 35 heavy (non-hydrogen) atoms. The Hall–Kier alpha value is -3.41. The molecule has 0 aliphatic carbocycles. The van der Waals surface area contributed by atoms with Gasteiger partial charge in [0.1, 0.15) is 0 Å². The van der Waals surface area contributed by atoms with Crippen LogP contribution in [0.1, 0.15) is 85.6 Å². The number of rotatable bonds is 17. The van der Waals surface area contributed by atoms with Gasteiger partial charge in [-0.2, -0.15) is 0 Å². The van der Waals surface area contributed by atoms with Gasteiger partial charge in [0.2, 0.25) is 0 Å². The Labute approximate surface area is 207 Å². The molecule has 0 aromatic heterocycles. The van der Waals surface area contributed by atoms with Crippen LogP contribution in [0.15, 0.2) is 42.5 Å². The second kappa shape index (κ2) is 15.5. The molecule has 0 unspecified atom stereocenters. The summed E-state index contributed by atoms with van der Waals surface area (Å²) in [6.45, 7) is 0. The number of benzene rings is 2. The van der Waals surface area contributed by atoms with Gasteiger partial charge in [-0.25, -0.2) is 0 Å². The van der Waals surface area contributed by atoms with Crippen LogP contribution in [0.5, 0.6) is 0 Å². The van der Waals surface area contributed by atoms with E-state index in [9.17, 15) is 14.4 Å².